The lowest BCUT2D eigenvalue weighted by Gasteiger charge is -2.28. The lowest BCUT2D eigenvalue weighted by atomic mass is 10.0. The fraction of sp³-hybridized carbons (Fsp3) is 1.00. The van der Waals surface area contributed by atoms with E-state index in [1.165, 1.54) is 25.9 Å². The summed E-state index contributed by atoms with van der Waals surface area (Å²) in [5.41, 5.74) is -0.459. The number of aliphatic hydroxyl groups is 1. The molecule has 1 fully saturated rings. The molecule has 2 heteroatoms. The van der Waals surface area contributed by atoms with Crippen LogP contribution in [0.5, 0.6) is 0 Å². The standard InChI is InChI=1S/C10H21NO/c1-3-6-10(2,12)9-11-7-4-5-8-11/h12H,3-9H2,1-2H3. The second kappa shape index (κ2) is 4.24. The summed E-state index contributed by atoms with van der Waals surface area (Å²) in [7, 11) is 0. The Labute approximate surface area is 75.6 Å². The Balaban J connectivity index is 2.27. The Morgan fingerprint density at radius 1 is 1.33 bits per heavy atom. The largest absolute Gasteiger partial charge is 0.389 e. The summed E-state index contributed by atoms with van der Waals surface area (Å²) in [6.07, 6.45) is 4.61. The molecule has 0 aromatic carbocycles. The zero-order valence-electron chi connectivity index (χ0n) is 8.34. The predicted molar refractivity (Wildman–Crippen MR) is 51.2 cm³/mol. The molecule has 1 heterocycles. The zero-order chi connectivity index (χ0) is 9.03. The summed E-state index contributed by atoms with van der Waals surface area (Å²) in [6.45, 7) is 7.30. The van der Waals surface area contributed by atoms with Gasteiger partial charge in [-0.2, -0.15) is 0 Å². The molecule has 12 heavy (non-hydrogen) atoms. The van der Waals surface area contributed by atoms with Crippen molar-refractivity contribution in [1.82, 2.24) is 4.90 Å². The minimum Gasteiger partial charge on any atom is -0.389 e. The topological polar surface area (TPSA) is 23.5 Å². The van der Waals surface area contributed by atoms with Crippen molar-refractivity contribution in [3.63, 3.8) is 0 Å². The van der Waals surface area contributed by atoms with E-state index in [1.807, 2.05) is 6.92 Å². The molecule has 1 unspecified atom stereocenters. The van der Waals surface area contributed by atoms with E-state index in [1.54, 1.807) is 0 Å². The summed E-state index contributed by atoms with van der Waals surface area (Å²) in [5, 5.41) is 9.93. The van der Waals surface area contributed by atoms with Gasteiger partial charge in [0.15, 0.2) is 0 Å². The second-order valence-corrected chi connectivity index (χ2v) is 4.23. The van der Waals surface area contributed by atoms with Crippen LogP contribution in [-0.4, -0.2) is 35.2 Å². The first-order valence-corrected chi connectivity index (χ1v) is 5.09. The molecule has 1 aliphatic heterocycles. The van der Waals surface area contributed by atoms with Gasteiger partial charge in [0.05, 0.1) is 5.60 Å². The summed E-state index contributed by atoms with van der Waals surface area (Å²) in [5.74, 6) is 0. The van der Waals surface area contributed by atoms with Gasteiger partial charge in [0.2, 0.25) is 0 Å². The van der Waals surface area contributed by atoms with Crippen LogP contribution in [0.4, 0.5) is 0 Å². The van der Waals surface area contributed by atoms with Crippen LogP contribution in [0.25, 0.3) is 0 Å². The molecule has 2 nitrogen and oxygen atoms in total. The third kappa shape index (κ3) is 3.11. The minimum absolute atomic E-state index is 0.459. The first-order chi connectivity index (χ1) is 5.64. The normalized spacial score (nSPS) is 24.2. The molecule has 0 aromatic rings. The van der Waals surface area contributed by atoms with Gasteiger partial charge in [-0.15, -0.1) is 0 Å². The summed E-state index contributed by atoms with van der Waals surface area (Å²) >= 11 is 0. The molecular formula is C10H21NO. The van der Waals surface area contributed by atoms with Gasteiger partial charge < -0.3 is 10.0 Å². The maximum Gasteiger partial charge on any atom is 0.0746 e. The molecule has 0 radical (unpaired) electrons. The van der Waals surface area contributed by atoms with E-state index in [0.29, 0.717) is 0 Å². The average molecular weight is 171 g/mol. The van der Waals surface area contributed by atoms with Gasteiger partial charge in [-0.3, -0.25) is 0 Å². The Hall–Kier alpha value is -0.0800. The molecule has 0 amide bonds. The molecule has 1 N–H and O–H groups in total. The molecular weight excluding hydrogens is 150 g/mol. The quantitative estimate of drug-likeness (QED) is 0.695. The number of rotatable bonds is 4. The monoisotopic (exact) mass is 171 g/mol. The molecule has 1 aliphatic rings. The fourth-order valence-corrected chi connectivity index (χ4v) is 2.04. The maximum atomic E-state index is 9.93. The Kier molecular flexibility index (Phi) is 3.53. The van der Waals surface area contributed by atoms with E-state index in [4.69, 9.17) is 0 Å². The van der Waals surface area contributed by atoms with Crippen molar-refractivity contribution in [2.75, 3.05) is 19.6 Å². The summed E-state index contributed by atoms with van der Waals surface area (Å²) < 4.78 is 0. The van der Waals surface area contributed by atoms with Gasteiger partial charge in [0.25, 0.3) is 0 Å². The van der Waals surface area contributed by atoms with Crippen LogP contribution < -0.4 is 0 Å². The van der Waals surface area contributed by atoms with Crippen molar-refractivity contribution in [3.05, 3.63) is 0 Å². The molecule has 1 rings (SSSR count). The maximum absolute atomic E-state index is 9.93. The highest BCUT2D eigenvalue weighted by atomic mass is 16.3. The number of β-amino-alcohol motifs (C(OH)–C–C–N with tert-alkyl or cyclic N) is 1. The second-order valence-electron chi connectivity index (χ2n) is 4.23. The number of hydrogen-bond acceptors (Lipinski definition) is 2. The van der Waals surface area contributed by atoms with Crippen molar-refractivity contribution in [1.29, 1.82) is 0 Å². The van der Waals surface area contributed by atoms with Crippen LogP contribution in [0.2, 0.25) is 0 Å². The van der Waals surface area contributed by atoms with E-state index >= 15 is 0 Å². The van der Waals surface area contributed by atoms with E-state index in [-0.39, 0.29) is 0 Å². The molecule has 0 spiro atoms. The fourth-order valence-electron chi connectivity index (χ4n) is 2.04. The third-order valence-corrected chi connectivity index (χ3v) is 2.55. The van der Waals surface area contributed by atoms with Crippen molar-refractivity contribution < 1.29 is 5.11 Å². The van der Waals surface area contributed by atoms with Gasteiger partial charge in [-0.1, -0.05) is 13.3 Å². The van der Waals surface area contributed by atoms with Gasteiger partial charge >= 0.3 is 0 Å². The van der Waals surface area contributed by atoms with Crippen LogP contribution in [0.3, 0.4) is 0 Å². The molecule has 0 aliphatic carbocycles. The number of likely N-dealkylation sites (tertiary alicyclic amines) is 1. The van der Waals surface area contributed by atoms with E-state index in [2.05, 4.69) is 11.8 Å². The Bertz CT molecular complexity index is 128. The van der Waals surface area contributed by atoms with Crippen molar-refractivity contribution >= 4 is 0 Å². The van der Waals surface area contributed by atoms with Gasteiger partial charge in [0, 0.05) is 6.54 Å². The van der Waals surface area contributed by atoms with Crippen molar-refractivity contribution in [2.45, 2.75) is 45.1 Å². The van der Waals surface area contributed by atoms with Gasteiger partial charge in [0.1, 0.15) is 0 Å². The lowest BCUT2D eigenvalue weighted by molar-refractivity contribution is 0.0182. The van der Waals surface area contributed by atoms with Crippen molar-refractivity contribution in [3.8, 4) is 0 Å². The molecule has 0 bridgehead atoms. The van der Waals surface area contributed by atoms with Gasteiger partial charge in [-0.05, 0) is 39.3 Å². The predicted octanol–water partition coefficient (Wildman–Crippen LogP) is 1.63. The van der Waals surface area contributed by atoms with Gasteiger partial charge in [-0.25, -0.2) is 0 Å². The third-order valence-electron chi connectivity index (χ3n) is 2.55. The lowest BCUT2D eigenvalue weighted by Crippen LogP contribution is -2.39. The molecule has 1 atom stereocenters. The highest BCUT2D eigenvalue weighted by Gasteiger charge is 2.24. The highest BCUT2D eigenvalue weighted by Crippen LogP contribution is 2.17. The summed E-state index contributed by atoms with van der Waals surface area (Å²) in [4.78, 5) is 2.37. The summed E-state index contributed by atoms with van der Waals surface area (Å²) in [6, 6.07) is 0. The smallest absolute Gasteiger partial charge is 0.0746 e. The Morgan fingerprint density at radius 2 is 1.92 bits per heavy atom. The van der Waals surface area contributed by atoms with Crippen molar-refractivity contribution in [2.24, 2.45) is 0 Å². The minimum atomic E-state index is -0.459. The molecule has 72 valence electrons. The van der Waals surface area contributed by atoms with Crippen LogP contribution in [0, 0.1) is 0 Å². The highest BCUT2D eigenvalue weighted by molar-refractivity contribution is 4.79. The first kappa shape index (κ1) is 10.0. The van der Waals surface area contributed by atoms with E-state index < -0.39 is 5.60 Å². The van der Waals surface area contributed by atoms with Crippen LogP contribution in [0.1, 0.15) is 39.5 Å². The molecule has 0 saturated carbocycles. The van der Waals surface area contributed by atoms with Crippen LogP contribution in [0.15, 0.2) is 0 Å². The van der Waals surface area contributed by atoms with E-state index in [0.717, 1.165) is 19.4 Å². The molecule has 0 aromatic heterocycles. The van der Waals surface area contributed by atoms with Crippen LogP contribution in [-0.2, 0) is 0 Å². The first-order valence-electron chi connectivity index (χ1n) is 5.09. The number of nitrogens with zero attached hydrogens (tertiary/aromatic N) is 1. The molecule has 1 saturated heterocycles. The average Bonchev–Trinajstić information content (AvgIpc) is 2.38. The zero-order valence-corrected chi connectivity index (χ0v) is 8.34. The number of hydrogen-bond donors (Lipinski definition) is 1. The Morgan fingerprint density at radius 3 is 2.42 bits per heavy atom. The van der Waals surface area contributed by atoms with Crippen LogP contribution >= 0.6 is 0 Å². The SMILES string of the molecule is CCCC(C)(O)CN1CCCC1. The van der Waals surface area contributed by atoms with E-state index in [9.17, 15) is 5.11 Å².